The number of aliphatic hydroxyl groups is 4. The lowest BCUT2D eigenvalue weighted by molar-refractivity contribution is -0.252. The van der Waals surface area contributed by atoms with Crippen LogP contribution in [0.1, 0.15) is 5.56 Å². The van der Waals surface area contributed by atoms with Gasteiger partial charge in [-0.1, -0.05) is 54.3 Å². The SMILES string of the molecule is O=C1/C(=C/c2ccccc2)SC(=S)N1[C@@H]1O[C@H](CO)[C@H](O)[C@H](O)[C@H]1O. The number of aliphatic hydroxyl groups excluding tert-OH is 4. The van der Waals surface area contributed by atoms with Gasteiger partial charge in [0, 0.05) is 0 Å². The topological polar surface area (TPSA) is 110 Å². The van der Waals surface area contributed by atoms with Crippen LogP contribution in [0.15, 0.2) is 35.2 Å². The van der Waals surface area contributed by atoms with Crippen molar-refractivity contribution < 1.29 is 30.0 Å². The maximum absolute atomic E-state index is 12.7. The highest BCUT2D eigenvalue weighted by molar-refractivity contribution is 8.26. The Balaban J connectivity index is 1.86. The number of benzene rings is 1. The molecule has 0 unspecified atom stereocenters. The monoisotopic (exact) mass is 383 g/mol. The zero-order valence-electron chi connectivity index (χ0n) is 12.9. The molecule has 2 heterocycles. The van der Waals surface area contributed by atoms with Crippen LogP contribution in [-0.2, 0) is 9.53 Å². The number of amides is 1. The summed E-state index contributed by atoms with van der Waals surface area (Å²) in [7, 11) is 0. The Morgan fingerprint density at radius 1 is 1.16 bits per heavy atom. The van der Waals surface area contributed by atoms with Crippen molar-refractivity contribution in [2.24, 2.45) is 0 Å². The molecule has 9 heteroatoms. The Morgan fingerprint density at radius 3 is 2.48 bits per heavy atom. The predicted molar refractivity (Wildman–Crippen MR) is 95.2 cm³/mol. The smallest absolute Gasteiger partial charge is 0.268 e. The minimum Gasteiger partial charge on any atom is -0.394 e. The van der Waals surface area contributed by atoms with Gasteiger partial charge < -0.3 is 25.2 Å². The van der Waals surface area contributed by atoms with E-state index in [1.165, 1.54) is 0 Å². The molecule has 134 valence electrons. The Morgan fingerprint density at radius 2 is 1.84 bits per heavy atom. The van der Waals surface area contributed by atoms with Crippen LogP contribution in [0.4, 0.5) is 0 Å². The molecular formula is C16H17NO6S2. The third-order valence-corrected chi connectivity index (χ3v) is 5.37. The molecule has 0 bridgehead atoms. The lowest BCUT2D eigenvalue weighted by atomic mass is 9.98. The van der Waals surface area contributed by atoms with E-state index in [0.717, 1.165) is 22.2 Å². The normalized spacial score (nSPS) is 34.8. The largest absolute Gasteiger partial charge is 0.394 e. The van der Waals surface area contributed by atoms with Crippen molar-refractivity contribution in [3.63, 3.8) is 0 Å². The summed E-state index contributed by atoms with van der Waals surface area (Å²) in [6.07, 6.45) is -5.34. The molecule has 0 aliphatic carbocycles. The molecule has 0 radical (unpaired) electrons. The van der Waals surface area contributed by atoms with Gasteiger partial charge in [-0.05, 0) is 11.6 Å². The first-order valence-electron chi connectivity index (χ1n) is 7.56. The average Bonchev–Trinajstić information content (AvgIpc) is 2.88. The van der Waals surface area contributed by atoms with Gasteiger partial charge in [-0.3, -0.25) is 9.69 Å². The van der Waals surface area contributed by atoms with Crippen LogP contribution in [0.2, 0.25) is 0 Å². The van der Waals surface area contributed by atoms with Crippen LogP contribution in [0.3, 0.4) is 0 Å². The van der Waals surface area contributed by atoms with Crippen molar-refractivity contribution in [2.75, 3.05) is 6.61 Å². The summed E-state index contributed by atoms with van der Waals surface area (Å²) < 4.78 is 5.58. The van der Waals surface area contributed by atoms with Crippen LogP contribution in [0.25, 0.3) is 6.08 Å². The number of hydrogen-bond donors (Lipinski definition) is 4. The van der Waals surface area contributed by atoms with Gasteiger partial charge in [0.05, 0.1) is 11.5 Å². The molecule has 25 heavy (non-hydrogen) atoms. The predicted octanol–water partition coefficient (Wildman–Crippen LogP) is -0.312. The van der Waals surface area contributed by atoms with E-state index in [4.69, 9.17) is 17.0 Å². The number of hydrogen-bond acceptors (Lipinski definition) is 8. The lowest BCUT2D eigenvalue weighted by Gasteiger charge is -2.42. The molecular weight excluding hydrogens is 366 g/mol. The Kier molecular flexibility index (Phi) is 5.54. The van der Waals surface area contributed by atoms with Gasteiger partial charge in [0.15, 0.2) is 10.5 Å². The summed E-state index contributed by atoms with van der Waals surface area (Å²) in [5.74, 6) is -0.469. The Hall–Kier alpha value is -1.33. The second kappa shape index (κ2) is 7.50. The highest BCUT2D eigenvalue weighted by atomic mass is 32.2. The van der Waals surface area contributed by atoms with E-state index in [0.29, 0.717) is 4.91 Å². The third kappa shape index (κ3) is 3.49. The summed E-state index contributed by atoms with van der Waals surface area (Å²) in [6, 6.07) is 9.20. The van der Waals surface area contributed by atoms with E-state index in [1.54, 1.807) is 6.08 Å². The van der Waals surface area contributed by atoms with Gasteiger partial charge in [0.1, 0.15) is 24.4 Å². The van der Waals surface area contributed by atoms with Gasteiger partial charge in [-0.15, -0.1) is 0 Å². The van der Waals surface area contributed by atoms with E-state index in [2.05, 4.69) is 0 Å². The van der Waals surface area contributed by atoms with Crippen LogP contribution in [0, 0.1) is 0 Å². The van der Waals surface area contributed by atoms with Crippen LogP contribution >= 0.6 is 24.0 Å². The maximum Gasteiger partial charge on any atom is 0.268 e. The molecule has 0 spiro atoms. The van der Waals surface area contributed by atoms with Crippen LogP contribution in [-0.4, -0.2) is 72.8 Å². The van der Waals surface area contributed by atoms with Crippen LogP contribution in [0.5, 0.6) is 0 Å². The summed E-state index contributed by atoms with van der Waals surface area (Å²) in [5, 5.41) is 39.2. The number of ether oxygens (including phenoxy) is 1. The van der Waals surface area contributed by atoms with Gasteiger partial charge >= 0.3 is 0 Å². The molecule has 7 nitrogen and oxygen atoms in total. The standard InChI is InChI=1S/C16H17NO6S2/c18-7-9-11(19)12(20)13(21)15(23-9)17-14(22)10(25-16(17)24)6-8-4-2-1-3-5-8/h1-6,9,11-13,15,18-21H,7H2/b10-6-/t9-,11+,12+,13-,15-/m1/s1. The van der Waals surface area contributed by atoms with Crippen molar-refractivity contribution in [2.45, 2.75) is 30.6 Å². The van der Waals surface area contributed by atoms with Crippen molar-refractivity contribution in [1.29, 1.82) is 0 Å². The fourth-order valence-electron chi connectivity index (χ4n) is 2.70. The number of nitrogens with zero attached hydrogens (tertiary/aromatic N) is 1. The summed E-state index contributed by atoms with van der Waals surface area (Å²) in [6.45, 7) is -0.573. The third-order valence-electron chi connectivity index (χ3n) is 4.04. The highest BCUT2D eigenvalue weighted by Gasteiger charge is 2.50. The first-order valence-corrected chi connectivity index (χ1v) is 8.79. The van der Waals surface area contributed by atoms with E-state index in [9.17, 15) is 25.2 Å². The minimum atomic E-state index is -1.57. The number of rotatable bonds is 3. The fourth-order valence-corrected chi connectivity index (χ4v) is 4.01. The molecule has 2 saturated heterocycles. The molecule has 5 atom stereocenters. The van der Waals surface area contributed by atoms with Crippen molar-refractivity contribution in [1.82, 2.24) is 4.90 Å². The quantitative estimate of drug-likeness (QED) is 0.416. The van der Waals surface area contributed by atoms with Crippen LogP contribution < -0.4 is 0 Å². The van der Waals surface area contributed by atoms with Gasteiger partial charge in [0.25, 0.3) is 5.91 Å². The van der Waals surface area contributed by atoms with E-state index >= 15 is 0 Å². The first-order chi connectivity index (χ1) is 11.9. The zero-order valence-corrected chi connectivity index (χ0v) is 14.6. The molecule has 2 aliphatic rings. The maximum atomic E-state index is 12.7. The lowest BCUT2D eigenvalue weighted by Crippen LogP contribution is -2.63. The zero-order chi connectivity index (χ0) is 18.1. The molecule has 0 aromatic heterocycles. The minimum absolute atomic E-state index is 0.163. The van der Waals surface area contributed by atoms with Crippen molar-refractivity contribution in [3.8, 4) is 0 Å². The Labute approximate surface area is 153 Å². The van der Waals surface area contributed by atoms with Gasteiger partial charge in [0.2, 0.25) is 0 Å². The van der Waals surface area contributed by atoms with Gasteiger partial charge in [-0.2, -0.15) is 0 Å². The second-order valence-electron chi connectivity index (χ2n) is 5.68. The molecule has 4 N–H and O–H groups in total. The van der Waals surface area contributed by atoms with Crippen molar-refractivity contribution in [3.05, 3.63) is 40.8 Å². The number of carbonyl (C=O) groups excluding carboxylic acids is 1. The molecule has 2 fully saturated rings. The number of carbonyl (C=O) groups is 1. The summed E-state index contributed by atoms with van der Waals surface area (Å²) in [5.41, 5.74) is 0.816. The van der Waals surface area contributed by atoms with Gasteiger partial charge in [-0.25, -0.2) is 0 Å². The first kappa shape index (κ1) is 18.5. The summed E-state index contributed by atoms with van der Waals surface area (Å²) >= 11 is 6.27. The summed E-state index contributed by atoms with van der Waals surface area (Å²) in [4.78, 5) is 14.1. The average molecular weight is 383 g/mol. The van der Waals surface area contributed by atoms with E-state index in [1.807, 2.05) is 30.3 Å². The Bertz CT molecular complexity index is 695. The molecule has 1 aromatic rings. The molecule has 2 aliphatic heterocycles. The number of thiocarbonyl (C=S) groups is 1. The molecule has 1 amide bonds. The molecule has 0 saturated carbocycles. The van der Waals surface area contributed by atoms with Crippen molar-refractivity contribution >= 4 is 40.3 Å². The fraction of sp³-hybridized carbons (Fsp3) is 0.375. The molecule has 1 aromatic carbocycles. The molecule has 3 rings (SSSR count). The van der Waals surface area contributed by atoms with E-state index < -0.39 is 43.2 Å². The number of thioether (sulfide) groups is 1. The second-order valence-corrected chi connectivity index (χ2v) is 7.36. The highest BCUT2D eigenvalue weighted by Crippen LogP contribution is 2.37. The van der Waals surface area contributed by atoms with E-state index in [-0.39, 0.29) is 4.32 Å².